The molecule has 0 aliphatic carbocycles. The summed E-state index contributed by atoms with van der Waals surface area (Å²) in [7, 11) is 0. The van der Waals surface area contributed by atoms with Gasteiger partial charge in [0.05, 0.1) is 5.69 Å². The van der Waals surface area contributed by atoms with E-state index in [0.717, 1.165) is 68.2 Å². The number of aromatic amines is 1. The minimum atomic E-state index is 0.0233. The molecule has 1 saturated heterocycles. The van der Waals surface area contributed by atoms with Crippen LogP contribution in [0, 0.1) is 0 Å². The molecule has 0 unspecified atom stereocenters. The lowest BCUT2D eigenvalue weighted by Gasteiger charge is -2.21. The third-order valence-electron chi connectivity index (χ3n) is 5.74. The molecule has 148 valence electrons. The first-order chi connectivity index (χ1) is 13.5. The largest absolute Gasteiger partial charge is 0.312 e. The number of hydrogen-bond donors (Lipinski definition) is 1. The number of anilines is 1. The van der Waals surface area contributed by atoms with Gasteiger partial charge in [0, 0.05) is 56.2 Å². The summed E-state index contributed by atoms with van der Waals surface area (Å²) >= 11 is 0. The number of aromatic nitrogens is 2. The number of rotatable bonds is 4. The highest BCUT2D eigenvalue weighted by molar-refractivity contribution is 5.95. The first-order valence-corrected chi connectivity index (χ1v) is 10.2. The number of nitrogens with zero attached hydrogens (tertiary/aromatic N) is 3. The number of carbonyl (C=O) groups is 1. The fraction of sp³-hybridized carbons (Fsp3) is 0.500. The molecule has 0 atom stereocenters. The molecule has 2 aliphatic rings. The minimum Gasteiger partial charge on any atom is -0.312 e. The van der Waals surface area contributed by atoms with Crippen LogP contribution in [0.25, 0.3) is 0 Å². The zero-order valence-electron chi connectivity index (χ0n) is 16.7. The Bertz CT molecular complexity index is 917. The molecule has 28 heavy (non-hydrogen) atoms. The fourth-order valence-corrected chi connectivity index (χ4v) is 4.07. The summed E-state index contributed by atoms with van der Waals surface area (Å²) in [6, 6.07) is 8.32. The number of hydrogen-bond acceptors (Lipinski definition) is 4. The summed E-state index contributed by atoms with van der Waals surface area (Å²) < 4.78 is 0. The van der Waals surface area contributed by atoms with E-state index < -0.39 is 0 Å². The van der Waals surface area contributed by atoms with Crippen molar-refractivity contribution in [3.8, 4) is 0 Å². The van der Waals surface area contributed by atoms with Crippen molar-refractivity contribution in [3.63, 3.8) is 0 Å². The molecular weight excluding hydrogens is 352 g/mol. The van der Waals surface area contributed by atoms with Crippen molar-refractivity contribution < 1.29 is 4.79 Å². The van der Waals surface area contributed by atoms with Crippen molar-refractivity contribution in [3.05, 3.63) is 57.3 Å². The van der Waals surface area contributed by atoms with E-state index in [1.165, 1.54) is 5.56 Å². The molecule has 0 radical (unpaired) electrons. The Kier molecular flexibility index (Phi) is 5.31. The van der Waals surface area contributed by atoms with E-state index in [1.54, 1.807) is 0 Å². The molecule has 0 spiro atoms. The van der Waals surface area contributed by atoms with Crippen LogP contribution in [0.2, 0.25) is 0 Å². The van der Waals surface area contributed by atoms with Crippen LogP contribution in [0.4, 0.5) is 5.69 Å². The summed E-state index contributed by atoms with van der Waals surface area (Å²) in [6.45, 7) is 7.51. The molecule has 1 amide bonds. The number of amides is 1. The van der Waals surface area contributed by atoms with Gasteiger partial charge < -0.3 is 9.88 Å². The van der Waals surface area contributed by atoms with Crippen molar-refractivity contribution in [2.45, 2.75) is 52.0 Å². The predicted molar refractivity (Wildman–Crippen MR) is 110 cm³/mol. The lowest BCUT2D eigenvalue weighted by molar-refractivity contribution is -0.117. The molecule has 1 fully saturated rings. The molecule has 1 N–H and O–H groups in total. The highest BCUT2D eigenvalue weighted by Crippen LogP contribution is 2.22. The monoisotopic (exact) mass is 380 g/mol. The second-order valence-corrected chi connectivity index (χ2v) is 8.12. The summed E-state index contributed by atoms with van der Waals surface area (Å²) in [6.07, 6.45) is 3.14. The van der Waals surface area contributed by atoms with E-state index >= 15 is 0 Å². The third-order valence-corrected chi connectivity index (χ3v) is 5.74. The number of H-pyrrole nitrogens is 1. The van der Waals surface area contributed by atoms with Gasteiger partial charge in [0.25, 0.3) is 5.56 Å². The second kappa shape index (κ2) is 7.87. The minimum absolute atomic E-state index is 0.0233. The van der Waals surface area contributed by atoms with Crippen LogP contribution in [-0.4, -0.2) is 40.4 Å². The van der Waals surface area contributed by atoms with E-state index in [-0.39, 0.29) is 17.4 Å². The molecule has 0 bridgehead atoms. The van der Waals surface area contributed by atoms with E-state index in [2.05, 4.69) is 22.0 Å². The number of benzene rings is 1. The van der Waals surface area contributed by atoms with E-state index in [0.29, 0.717) is 6.42 Å². The first-order valence-electron chi connectivity index (χ1n) is 10.2. The highest BCUT2D eigenvalue weighted by Gasteiger charge is 2.22. The van der Waals surface area contributed by atoms with Gasteiger partial charge in [-0.25, -0.2) is 4.98 Å². The normalized spacial score (nSPS) is 17.8. The molecule has 4 rings (SSSR count). The quantitative estimate of drug-likeness (QED) is 0.885. The van der Waals surface area contributed by atoms with Crippen molar-refractivity contribution >= 4 is 11.6 Å². The van der Waals surface area contributed by atoms with E-state index in [9.17, 15) is 9.59 Å². The summed E-state index contributed by atoms with van der Waals surface area (Å²) in [5.41, 5.74) is 4.04. The lowest BCUT2D eigenvalue weighted by atomic mass is 10.1. The number of fused-ring (bicyclic) bond motifs is 1. The Morgan fingerprint density at radius 3 is 2.46 bits per heavy atom. The highest BCUT2D eigenvalue weighted by atomic mass is 16.2. The van der Waals surface area contributed by atoms with Gasteiger partial charge in [0.15, 0.2) is 0 Å². The zero-order valence-corrected chi connectivity index (χ0v) is 16.7. The van der Waals surface area contributed by atoms with Crippen LogP contribution in [-0.2, 0) is 24.2 Å². The van der Waals surface area contributed by atoms with Crippen LogP contribution >= 0.6 is 0 Å². The van der Waals surface area contributed by atoms with Gasteiger partial charge in [-0.2, -0.15) is 0 Å². The predicted octanol–water partition coefficient (Wildman–Crippen LogP) is 2.62. The average Bonchev–Trinajstić information content (AvgIpc) is 2.99. The second-order valence-electron chi connectivity index (χ2n) is 8.12. The summed E-state index contributed by atoms with van der Waals surface area (Å²) in [5, 5.41) is 0. The molecule has 3 heterocycles. The van der Waals surface area contributed by atoms with Crippen molar-refractivity contribution in [1.29, 1.82) is 0 Å². The summed E-state index contributed by atoms with van der Waals surface area (Å²) in [4.78, 5) is 36.3. The molecule has 6 heteroatoms. The molecule has 1 aromatic heterocycles. The zero-order chi connectivity index (χ0) is 19.7. The van der Waals surface area contributed by atoms with Crippen LogP contribution in [0.15, 0.2) is 29.1 Å². The molecule has 2 aromatic rings. The molecule has 6 nitrogen and oxygen atoms in total. The Labute approximate surface area is 165 Å². The molecule has 0 saturated carbocycles. The van der Waals surface area contributed by atoms with Gasteiger partial charge in [0.1, 0.15) is 5.82 Å². The molecule has 1 aromatic carbocycles. The maximum atomic E-state index is 12.5. The van der Waals surface area contributed by atoms with Crippen LogP contribution in [0.3, 0.4) is 0 Å². The van der Waals surface area contributed by atoms with Crippen molar-refractivity contribution in [1.82, 2.24) is 14.9 Å². The molecule has 2 aliphatic heterocycles. The van der Waals surface area contributed by atoms with Crippen LogP contribution < -0.4 is 10.5 Å². The van der Waals surface area contributed by atoms with Gasteiger partial charge in [-0.3, -0.25) is 14.5 Å². The van der Waals surface area contributed by atoms with Gasteiger partial charge >= 0.3 is 0 Å². The fourth-order valence-electron chi connectivity index (χ4n) is 4.07. The maximum Gasteiger partial charge on any atom is 0.254 e. The Morgan fingerprint density at radius 2 is 1.79 bits per heavy atom. The van der Waals surface area contributed by atoms with Gasteiger partial charge in [0.2, 0.25) is 5.91 Å². The van der Waals surface area contributed by atoms with Crippen LogP contribution in [0.1, 0.15) is 55.3 Å². The van der Waals surface area contributed by atoms with Crippen molar-refractivity contribution in [2.75, 3.05) is 24.5 Å². The van der Waals surface area contributed by atoms with E-state index in [4.69, 9.17) is 4.98 Å². The topological polar surface area (TPSA) is 69.3 Å². The standard InChI is InChI=1S/C22H28N4O2/c1-15(2)21-23-19-10-13-25(12-9-18(19)22(28)24-21)14-16-5-7-17(8-6-16)26-11-3-4-20(26)27/h5-8,15H,3-4,9-14H2,1-2H3,(H,23,24,28). The smallest absolute Gasteiger partial charge is 0.254 e. The molecular formula is C22H28N4O2. The Balaban J connectivity index is 1.43. The Hall–Kier alpha value is -2.47. The SMILES string of the molecule is CC(C)c1nc2c(c(=O)[nH]1)CCN(Cc1ccc(N3CCCC3=O)cc1)CC2. The first kappa shape index (κ1) is 18.9. The van der Waals surface area contributed by atoms with Crippen molar-refractivity contribution in [2.24, 2.45) is 0 Å². The summed E-state index contributed by atoms with van der Waals surface area (Å²) in [5.74, 6) is 1.22. The number of nitrogens with one attached hydrogen (secondary N) is 1. The maximum absolute atomic E-state index is 12.5. The van der Waals surface area contributed by atoms with Crippen LogP contribution in [0.5, 0.6) is 0 Å². The Morgan fingerprint density at radius 1 is 1.04 bits per heavy atom. The van der Waals surface area contributed by atoms with Gasteiger partial charge in [-0.15, -0.1) is 0 Å². The number of carbonyl (C=O) groups excluding carboxylic acids is 1. The average molecular weight is 380 g/mol. The lowest BCUT2D eigenvalue weighted by Crippen LogP contribution is -2.26. The van der Waals surface area contributed by atoms with Gasteiger partial charge in [-0.05, 0) is 30.5 Å². The van der Waals surface area contributed by atoms with E-state index in [1.807, 2.05) is 30.9 Å². The van der Waals surface area contributed by atoms with Gasteiger partial charge in [-0.1, -0.05) is 26.0 Å². The third kappa shape index (κ3) is 3.87.